The first kappa shape index (κ1) is 10.3. The van der Waals surface area contributed by atoms with Crippen molar-refractivity contribution in [1.82, 2.24) is 10.6 Å². The summed E-state index contributed by atoms with van der Waals surface area (Å²) in [6.45, 7) is 6.23. The van der Waals surface area contributed by atoms with Gasteiger partial charge in [-0.3, -0.25) is 0 Å². The van der Waals surface area contributed by atoms with Crippen LogP contribution < -0.4 is 10.6 Å². The van der Waals surface area contributed by atoms with Gasteiger partial charge >= 0.3 is 0 Å². The van der Waals surface area contributed by atoms with Crippen LogP contribution >= 0.6 is 0 Å². The molecule has 74 valence electrons. The van der Waals surface area contributed by atoms with E-state index in [1.165, 1.54) is 12.0 Å². The first-order valence-electron chi connectivity index (χ1n) is 4.86. The average molecular weight is 182 g/mol. The first-order valence-corrected chi connectivity index (χ1v) is 4.86. The molecule has 0 radical (unpaired) electrons. The van der Waals surface area contributed by atoms with E-state index in [9.17, 15) is 0 Å². The molecule has 1 aromatic heterocycles. The van der Waals surface area contributed by atoms with Crippen LogP contribution in [0.2, 0.25) is 0 Å². The predicted octanol–water partition coefficient (Wildman–Crippen LogP) is 1.37. The van der Waals surface area contributed by atoms with Gasteiger partial charge in [0.2, 0.25) is 0 Å². The fourth-order valence-electron chi connectivity index (χ4n) is 1.14. The molecule has 0 saturated heterocycles. The van der Waals surface area contributed by atoms with Gasteiger partial charge in [0.15, 0.2) is 0 Å². The smallest absolute Gasteiger partial charge is 0.0947 e. The molecule has 0 aliphatic carbocycles. The minimum Gasteiger partial charge on any atom is -0.472 e. The summed E-state index contributed by atoms with van der Waals surface area (Å²) in [6.07, 6.45) is 4.65. The van der Waals surface area contributed by atoms with E-state index >= 15 is 0 Å². The molecule has 0 bridgehead atoms. The second-order valence-electron chi connectivity index (χ2n) is 3.02. The molecular weight excluding hydrogens is 164 g/mol. The van der Waals surface area contributed by atoms with Crippen LogP contribution in [0.4, 0.5) is 0 Å². The van der Waals surface area contributed by atoms with E-state index in [-0.39, 0.29) is 0 Å². The molecule has 1 heterocycles. The molecule has 0 aliphatic heterocycles. The normalized spacial score (nSPS) is 10.5. The molecule has 13 heavy (non-hydrogen) atoms. The molecule has 1 rings (SSSR count). The van der Waals surface area contributed by atoms with Gasteiger partial charge in [0.25, 0.3) is 0 Å². The summed E-state index contributed by atoms with van der Waals surface area (Å²) in [5.41, 5.74) is 1.21. The lowest BCUT2D eigenvalue weighted by atomic mass is 10.3. The van der Waals surface area contributed by atoms with E-state index < -0.39 is 0 Å². The third-order valence-corrected chi connectivity index (χ3v) is 1.87. The van der Waals surface area contributed by atoms with Crippen LogP contribution in [0.5, 0.6) is 0 Å². The summed E-state index contributed by atoms with van der Waals surface area (Å²) < 4.78 is 4.96. The molecule has 1 aromatic rings. The monoisotopic (exact) mass is 182 g/mol. The maximum Gasteiger partial charge on any atom is 0.0947 e. The summed E-state index contributed by atoms with van der Waals surface area (Å²) in [5, 5.41) is 6.63. The number of hydrogen-bond acceptors (Lipinski definition) is 3. The van der Waals surface area contributed by atoms with Crippen LogP contribution in [0.1, 0.15) is 18.9 Å². The Morgan fingerprint density at radius 1 is 1.31 bits per heavy atom. The van der Waals surface area contributed by atoms with Crippen molar-refractivity contribution in [2.24, 2.45) is 0 Å². The van der Waals surface area contributed by atoms with Crippen LogP contribution in [-0.4, -0.2) is 19.6 Å². The van der Waals surface area contributed by atoms with Crippen LogP contribution in [0.15, 0.2) is 23.0 Å². The zero-order chi connectivity index (χ0) is 9.36. The fraction of sp³-hybridized carbons (Fsp3) is 0.600. The number of hydrogen-bond donors (Lipinski definition) is 2. The predicted molar refractivity (Wildman–Crippen MR) is 53.6 cm³/mol. The van der Waals surface area contributed by atoms with Gasteiger partial charge in [-0.15, -0.1) is 0 Å². The minimum absolute atomic E-state index is 0.905. The van der Waals surface area contributed by atoms with Crippen molar-refractivity contribution in [1.29, 1.82) is 0 Å². The van der Waals surface area contributed by atoms with Gasteiger partial charge in [0.1, 0.15) is 0 Å². The highest BCUT2D eigenvalue weighted by Gasteiger charge is 1.92. The van der Waals surface area contributed by atoms with Gasteiger partial charge in [-0.2, -0.15) is 0 Å². The van der Waals surface area contributed by atoms with Crippen molar-refractivity contribution in [3.05, 3.63) is 24.2 Å². The highest BCUT2D eigenvalue weighted by Crippen LogP contribution is 1.97. The third kappa shape index (κ3) is 4.70. The lowest BCUT2D eigenvalue weighted by molar-refractivity contribution is 0.557. The summed E-state index contributed by atoms with van der Waals surface area (Å²) >= 11 is 0. The van der Waals surface area contributed by atoms with Crippen LogP contribution in [0.25, 0.3) is 0 Å². The Hall–Kier alpha value is -0.800. The Morgan fingerprint density at radius 2 is 2.15 bits per heavy atom. The van der Waals surface area contributed by atoms with Crippen LogP contribution in [0, 0.1) is 0 Å². The number of nitrogens with one attached hydrogen (secondary N) is 2. The standard InChI is InChI=1S/C10H18N2O/c1-2-11-5-3-6-12-8-10-4-7-13-9-10/h4,7,9,11-12H,2-3,5-6,8H2,1H3. The topological polar surface area (TPSA) is 37.2 Å². The average Bonchev–Trinajstić information content (AvgIpc) is 2.63. The maximum atomic E-state index is 4.96. The molecule has 3 heteroatoms. The molecule has 2 N–H and O–H groups in total. The molecule has 0 aliphatic rings. The second-order valence-corrected chi connectivity index (χ2v) is 3.02. The Kier molecular flexibility index (Phi) is 5.29. The van der Waals surface area contributed by atoms with E-state index in [0.717, 1.165) is 26.2 Å². The second kappa shape index (κ2) is 6.69. The van der Waals surface area contributed by atoms with E-state index in [2.05, 4.69) is 17.6 Å². The molecule has 0 aromatic carbocycles. The maximum absolute atomic E-state index is 4.96. The number of furan rings is 1. The molecule has 0 amide bonds. The van der Waals surface area contributed by atoms with Crippen molar-refractivity contribution < 1.29 is 4.42 Å². The summed E-state index contributed by atoms with van der Waals surface area (Å²) in [6, 6.07) is 1.98. The van der Waals surface area contributed by atoms with Gasteiger partial charge < -0.3 is 15.1 Å². The van der Waals surface area contributed by atoms with Gasteiger partial charge in [0, 0.05) is 12.1 Å². The lowest BCUT2D eigenvalue weighted by Gasteiger charge is -2.02. The number of rotatable bonds is 7. The largest absolute Gasteiger partial charge is 0.472 e. The Balaban J connectivity index is 1.90. The highest BCUT2D eigenvalue weighted by molar-refractivity contribution is 5.04. The van der Waals surface area contributed by atoms with Gasteiger partial charge in [-0.05, 0) is 32.1 Å². The van der Waals surface area contributed by atoms with Crippen LogP contribution in [0.3, 0.4) is 0 Å². The van der Waals surface area contributed by atoms with Crippen molar-refractivity contribution in [2.75, 3.05) is 19.6 Å². The van der Waals surface area contributed by atoms with Crippen molar-refractivity contribution in [3.8, 4) is 0 Å². The Bertz CT molecular complexity index is 197. The van der Waals surface area contributed by atoms with E-state index in [0.29, 0.717) is 0 Å². The van der Waals surface area contributed by atoms with E-state index in [4.69, 9.17) is 4.42 Å². The molecule has 0 saturated carbocycles. The summed E-state index contributed by atoms with van der Waals surface area (Å²) in [4.78, 5) is 0. The summed E-state index contributed by atoms with van der Waals surface area (Å²) in [5.74, 6) is 0. The van der Waals surface area contributed by atoms with Crippen molar-refractivity contribution in [3.63, 3.8) is 0 Å². The van der Waals surface area contributed by atoms with Crippen molar-refractivity contribution in [2.45, 2.75) is 19.9 Å². The molecule has 0 spiro atoms. The van der Waals surface area contributed by atoms with Gasteiger partial charge in [-0.1, -0.05) is 6.92 Å². The Morgan fingerprint density at radius 3 is 2.85 bits per heavy atom. The Labute approximate surface area is 79.5 Å². The third-order valence-electron chi connectivity index (χ3n) is 1.87. The SMILES string of the molecule is CCNCCCNCc1ccoc1. The van der Waals surface area contributed by atoms with Crippen LogP contribution in [-0.2, 0) is 6.54 Å². The fourth-order valence-corrected chi connectivity index (χ4v) is 1.14. The zero-order valence-corrected chi connectivity index (χ0v) is 8.18. The van der Waals surface area contributed by atoms with Gasteiger partial charge in [0.05, 0.1) is 12.5 Å². The minimum atomic E-state index is 0.905. The van der Waals surface area contributed by atoms with E-state index in [1.807, 2.05) is 6.07 Å². The zero-order valence-electron chi connectivity index (χ0n) is 8.18. The van der Waals surface area contributed by atoms with Crippen molar-refractivity contribution >= 4 is 0 Å². The van der Waals surface area contributed by atoms with Gasteiger partial charge in [-0.25, -0.2) is 0 Å². The summed E-state index contributed by atoms with van der Waals surface area (Å²) in [7, 11) is 0. The molecule has 0 fully saturated rings. The molecule has 0 atom stereocenters. The quantitative estimate of drug-likeness (QED) is 0.625. The van der Waals surface area contributed by atoms with E-state index in [1.54, 1.807) is 12.5 Å². The first-order chi connectivity index (χ1) is 6.43. The lowest BCUT2D eigenvalue weighted by Crippen LogP contribution is -2.21. The molecule has 0 unspecified atom stereocenters. The molecule has 3 nitrogen and oxygen atoms in total. The molecular formula is C10H18N2O. The highest BCUT2D eigenvalue weighted by atomic mass is 16.3.